The lowest BCUT2D eigenvalue weighted by Crippen LogP contribution is -2.59. The Morgan fingerprint density at radius 1 is 1.02 bits per heavy atom. The number of amides is 2. The van der Waals surface area contributed by atoms with Gasteiger partial charge in [0.25, 0.3) is 0 Å². The molecule has 0 radical (unpaired) electrons. The van der Waals surface area contributed by atoms with Gasteiger partial charge >= 0.3 is 6.09 Å². The van der Waals surface area contributed by atoms with E-state index in [1.807, 2.05) is 0 Å². The van der Waals surface area contributed by atoms with Gasteiger partial charge in [-0.15, -0.1) is 0 Å². The molecule has 0 aromatic heterocycles. The van der Waals surface area contributed by atoms with E-state index in [4.69, 9.17) is 9.47 Å². The molecule has 2 fully saturated rings. The molecule has 0 spiro atoms. The summed E-state index contributed by atoms with van der Waals surface area (Å²) < 4.78 is 83.8. The van der Waals surface area contributed by atoms with Gasteiger partial charge in [-0.2, -0.15) is 4.31 Å². The summed E-state index contributed by atoms with van der Waals surface area (Å²) in [7, 11) is -2.86. The Bertz CT molecular complexity index is 1690. The highest BCUT2D eigenvalue weighted by molar-refractivity contribution is 7.89. The molecule has 14 heteroatoms. The van der Waals surface area contributed by atoms with Crippen LogP contribution in [0, 0.1) is 17.5 Å². The molecule has 2 aliphatic rings. The van der Waals surface area contributed by atoms with E-state index in [-0.39, 0.29) is 60.7 Å². The molecule has 2 amide bonds. The Labute approximate surface area is 271 Å². The number of carbonyl (C=O) groups excluding carboxylic acids is 2. The van der Waals surface area contributed by atoms with Gasteiger partial charge in [-0.05, 0) is 68.1 Å². The van der Waals surface area contributed by atoms with Gasteiger partial charge < -0.3 is 25.4 Å². The largest absolute Gasteiger partial charge is 0.453 e. The average Bonchev–Trinajstić information content (AvgIpc) is 3.05. The van der Waals surface area contributed by atoms with Crippen molar-refractivity contribution < 1.29 is 40.7 Å². The molecule has 5 rings (SSSR count). The molecule has 3 aromatic carbocycles. The van der Waals surface area contributed by atoms with Crippen LogP contribution in [0.5, 0.6) is 0 Å². The lowest BCUT2D eigenvalue weighted by Gasteiger charge is -2.43. The van der Waals surface area contributed by atoms with E-state index in [2.05, 4.69) is 16.0 Å². The molecule has 0 aliphatic carbocycles. The maximum absolute atomic E-state index is 15.6. The molecule has 0 bridgehead atoms. The second-order valence-corrected chi connectivity index (χ2v) is 13.6. The quantitative estimate of drug-likeness (QED) is 0.312. The van der Waals surface area contributed by atoms with Crippen LogP contribution in [-0.2, 0) is 36.1 Å². The monoisotopic (exact) mass is 674 g/mol. The molecule has 252 valence electrons. The van der Waals surface area contributed by atoms with Gasteiger partial charge in [-0.3, -0.25) is 4.79 Å². The van der Waals surface area contributed by atoms with Crippen molar-refractivity contribution in [1.82, 2.24) is 14.9 Å². The molecular weight excluding hydrogens is 637 g/mol. The predicted octanol–water partition coefficient (Wildman–Crippen LogP) is 4.11. The first-order valence-electron chi connectivity index (χ1n) is 15.2. The number of carbonyl (C=O) groups is 2. The van der Waals surface area contributed by atoms with E-state index in [9.17, 15) is 26.8 Å². The number of sulfonamides is 1. The number of nitrogens with zero attached hydrogens (tertiary/aromatic N) is 1. The Hall–Kier alpha value is -3.98. The number of anilines is 1. The molecule has 2 heterocycles. The number of nitrogens with one attached hydrogen (secondary N) is 3. The zero-order valence-electron chi connectivity index (χ0n) is 26.0. The summed E-state index contributed by atoms with van der Waals surface area (Å²) in [4.78, 5) is 26.9. The summed E-state index contributed by atoms with van der Waals surface area (Å²) >= 11 is 0. The van der Waals surface area contributed by atoms with Gasteiger partial charge in [0.2, 0.25) is 15.9 Å². The first-order valence-corrected chi connectivity index (χ1v) is 16.7. The van der Waals surface area contributed by atoms with Crippen LogP contribution >= 0.6 is 0 Å². The normalized spacial score (nSPS) is 20.6. The number of benzene rings is 3. The minimum atomic E-state index is -3.97. The fraction of sp³-hybridized carbons (Fsp3) is 0.394. The number of hydrogen-bond acceptors (Lipinski definition) is 7. The van der Waals surface area contributed by atoms with Crippen LogP contribution in [0.25, 0.3) is 0 Å². The Morgan fingerprint density at radius 2 is 1.70 bits per heavy atom. The zero-order valence-corrected chi connectivity index (χ0v) is 26.8. The van der Waals surface area contributed by atoms with Crippen LogP contribution in [0.15, 0.2) is 71.6 Å². The van der Waals surface area contributed by atoms with Gasteiger partial charge in [-0.25, -0.2) is 26.4 Å². The van der Waals surface area contributed by atoms with Crippen LogP contribution in [0.1, 0.15) is 30.9 Å². The minimum Gasteiger partial charge on any atom is -0.453 e. The van der Waals surface area contributed by atoms with Crippen LogP contribution in [0.4, 0.5) is 23.7 Å². The molecule has 0 saturated carbocycles. The summed E-state index contributed by atoms with van der Waals surface area (Å²) in [5.74, 6) is -3.19. The van der Waals surface area contributed by atoms with Crippen molar-refractivity contribution in [3.63, 3.8) is 0 Å². The van der Waals surface area contributed by atoms with Gasteiger partial charge in [0.05, 0.1) is 12.0 Å². The molecule has 10 nitrogen and oxygen atoms in total. The molecule has 2 saturated heterocycles. The molecule has 3 N–H and O–H groups in total. The van der Waals surface area contributed by atoms with Crippen LogP contribution < -0.4 is 16.0 Å². The number of piperazine rings is 1. The smallest absolute Gasteiger partial charge is 0.407 e. The molecule has 3 aromatic rings. The summed E-state index contributed by atoms with van der Waals surface area (Å²) in [6.45, 7) is 2.63. The van der Waals surface area contributed by atoms with Gasteiger partial charge in [0.15, 0.2) is 0 Å². The zero-order chi connectivity index (χ0) is 33.8. The van der Waals surface area contributed by atoms with Crippen molar-refractivity contribution in [2.24, 2.45) is 0 Å². The molecular formula is C33H37F3N4O6S. The fourth-order valence-corrected chi connectivity index (χ4v) is 8.42. The van der Waals surface area contributed by atoms with Gasteiger partial charge in [-0.1, -0.05) is 24.3 Å². The highest BCUT2D eigenvalue weighted by Crippen LogP contribution is 2.40. The third kappa shape index (κ3) is 7.30. The lowest BCUT2D eigenvalue weighted by atomic mass is 9.68. The van der Waals surface area contributed by atoms with Crippen LogP contribution in [0.3, 0.4) is 0 Å². The van der Waals surface area contributed by atoms with Crippen molar-refractivity contribution in [1.29, 1.82) is 0 Å². The van der Waals surface area contributed by atoms with Gasteiger partial charge in [0.1, 0.15) is 23.5 Å². The highest BCUT2D eigenvalue weighted by atomic mass is 32.2. The summed E-state index contributed by atoms with van der Waals surface area (Å²) in [6.07, 6.45) is -0.830. The van der Waals surface area contributed by atoms with E-state index in [0.29, 0.717) is 12.6 Å². The SMILES string of the molecule is COC(=O)N[C@H](C(=O)Nc1cccc(F)c1CC1CNC[C@H](C)N1S(=O)(=O)c1ccccc1)C1(c2cc(F)cc(F)c2)CCOCC1. The van der Waals surface area contributed by atoms with E-state index in [1.165, 1.54) is 34.6 Å². The third-order valence-corrected chi connectivity index (χ3v) is 10.9. The lowest BCUT2D eigenvalue weighted by molar-refractivity contribution is -0.121. The van der Waals surface area contributed by atoms with Crippen LogP contribution in [0.2, 0.25) is 0 Å². The third-order valence-electron chi connectivity index (χ3n) is 8.83. The number of methoxy groups -OCH3 is 1. The van der Waals surface area contributed by atoms with Crippen LogP contribution in [-0.4, -0.2) is 76.3 Å². The minimum absolute atomic E-state index is 0.0460. The molecule has 47 heavy (non-hydrogen) atoms. The fourth-order valence-electron chi connectivity index (χ4n) is 6.58. The van der Waals surface area contributed by atoms with E-state index in [1.54, 1.807) is 25.1 Å². The summed E-state index contributed by atoms with van der Waals surface area (Å²) in [6, 6.07) is 12.4. The maximum atomic E-state index is 15.6. The number of hydrogen-bond donors (Lipinski definition) is 3. The number of rotatable bonds is 9. The Balaban J connectivity index is 1.51. The van der Waals surface area contributed by atoms with E-state index in [0.717, 1.165) is 19.2 Å². The van der Waals surface area contributed by atoms with E-state index >= 15 is 4.39 Å². The van der Waals surface area contributed by atoms with Crippen molar-refractivity contribution in [2.75, 3.05) is 38.7 Å². The summed E-state index contributed by atoms with van der Waals surface area (Å²) in [5.41, 5.74) is -1.09. The maximum Gasteiger partial charge on any atom is 0.407 e. The highest BCUT2D eigenvalue weighted by Gasteiger charge is 2.47. The number of alkyl carbamates (subject to hydrolysis) is 1. The second kappa shape index (κ2) is 14.4. The number of halogens is 3. The first-order chi connectivity index (χ1) is 22.5. The van der Waals surface area contributed by atoms with Crippen molar-refractivity contribution in [3.05, 3.63) is 95.3 Å². The van der Waals surface area contributed by atoms with Crippen molar-refractivity contribution in [2.45, 2.75) is 54.6 Å². The predicted molar refractivity (Wildman–Crippen MR) is 168 cm³/mol. The second-order valence-electron chi connectivity index (χ2n) is 11.8. The number of ether oxygens (including phenoxy) is 2. The van der Waals surface area contributed by atoms with E-state index < -0.39 is 63.0 Å². The molecule has 1 unspecified atom stereocenters. The Morgan fingerprint density at radius 3 is 2.36 bits per heavy atom. The topological polar surface area (TPSA) is 126 Å². The van der Waals surface area contributed by atoms with Crippen molar-refractivity contribution in [3.8, 4) is 0 Å². The summed E-state index contributed by atoms with van der Waals surface area (Å²) in [5, 5.41) is 8.47. The van der Waals surface area contributed by atoms with Gasteiger partial charge in [0, 0.05) is 61.1 Å². The molecule has 2 aliphatic heterocycles. The Kier molecular flexibility index (Phi) is 10.5. The average molecular weight is 675 g/mol. The molecule has 3 atom stereocenters. The first kappa shape index (κ1) is 34.4. The standard InChI is InChI=1S/C33H37F3N4O6S/c1-21-19-37-20-25(40(21)47(43,44)26-7-4-3-5-8-26)18-27-28(36)9-6-10-29(27)38-31(41)30(39-32(42)45-2)33(11-13-46-14-12-33)22-15-23(34)17-24(35)16-22/h3-10,15-17,21,25,30,37H,11-14,18-20H2,1-2H3,(H,38,41)(H,39,42)/t21-,25?,30+/m0/s1. The van der Waals surface area contributed by atoms with Crippen molar-refractivity contribution >= 4 is 27.7 Å².